The van der Waals surface area contributed by atoms with Crippen LogP contribution in [0, 0.1) is 0 Å². The molecule has 0 atom stereocenters. The van der Waals surface area contributed by atoms with Gasteiger partial charge >= 0.3 is 6.18 Å². The van der Waals surface area contributed by atoms with Crippen LogP contribution in [0.25, 0.3) is 6.08 Å². The Hall–Kier alpha value is -1.98. The molecule has 0 aliphatic carbocycles. The van der Waals surface area contributed by atoms with Gasteiger partial charge in [-0.25, -0.2) is 0 Å². The van der Waals surface area contributed by atoms with Crippen LogP contribution in [-0.4, -0.2) is 24.2 Å². The fraction of sp³-hybridized carbons (Fsp3) is 0.182. The van der Waals surface area contributed by atoms with E-state index in [1.54, 1.807) is 18.2 Å². The van der Waals surface area contributed by atoms with Crippen molar-refractivity contribution in [2.24, 2.45) is 5.16 Å². The average Bonchev–Trinajstić information content (AvgIpc) is 2.27. The van der Waals surface area contributed by atoms with E-state index < -0.39 is 12.8 Å². The molecular formula is C11H10F3NO2. The van der Waals surface area contributed by atoms with E-state index in [0.717, 1.165) is 6.21 Å². The van der Waals surface area contributed by atoms with Crippen molar-refractivity contribution in [3.05, 3.63) is 35.9 Å². The first-order valence-electron chi connectivity index (χ1n) is 4.65. The molecule has 0 fully saturated rings. The Morgan fingerprint density at radius 1 is 1.35 bits per heavy atom. The van der Waals surface area contributed by atoms with Crippen molar-refractivity contribution < 1.29 is 23.1 Å². The summed E-state index contributed by atoms with van der Waals surface area (Å²) < 4.78 is 40.3. The summed E-state index contributed by atoms with van der Waals surface area (Å²) in [4.78, 5) is 0. The highest BCUT2D eigenvalue weighted by Crippen LogP contribution is 2.19. The van der Waals surface area contributed by atoms with Crippen LogP contribution in [0.5, 0.6) is 5.75 Å². The summed E-state index contributed by atoms with van der Waals surface area (Å²) >= 11 is 0. The predicted octanol–water partition coefficient (Wildman–Crippen LogP) is 3.10. The Morgan fingerprint density at radius 3 is 2.76 bits per heavy atom. The van der Waals surface area contributed by atoms with Crippen LogP contribution in [0.15, 0.2) is 35.5 Å². The molecule has 1 N–H and O–H groups in total. The van der Waals surface area contributed by atoms with Gasteiger partial charge in [0.25, 0.3) is 0 Å². The van der Waals surface area contributed by atoms with Crippen LogP contribution in [-0.2, 0) is 0 Å². The monoisotopic (exact) mass is 245 g/mol. The molecule has 6 heteroatoms. The quantitative estimate of drug-likeness (QED) is 0.503. The molecule has 0 radical (unpaired) electrons. The Kier molecular flexibility index (Phi) is 4.56. The summed E-state index contributed by atoms with van der Waals surface area (Å²) in [5.41, 5.74) is 0.643. The summed E-state index contributed by atoms with van der Waals surface area (Å²) in [6.45, 7) is -1.32. The molecule has 3 nitrogen and oxygen atoms in total. The Labute approximate surface area is 95.8 Å². The van der Waals surface area contributed by atoms with Crippen molar-refractivity contribution >= 4 is 12.3 Å². The zero-order chi connectivity index (χ0) is 12.7. The standard InChI is InChI=1S/C11H10F3NO2/c12-11(13,14)8-17-10-5-1-3-9(7-10)4-2-6-15-16/h1-7,16H,8H2/b4-2-,15-6+. The first-order valence-corrected chi connectivity index (χ1v) is 4.65. The molecule has 0 aromatic heterocycles. The minimum absolute atomic E-state index is 0.130. The summed E-state index contributed by atoms with van der Waals surface area (Å²) in [6, 6.07) is 6.14. The first kappa shape index (κ1) is 13.1. The van der Waals surface area contributed by atoms with Crippen molar-refractivity contribution in [1.29, 1.82) is 0 Å². The second-order valence-corrected chi connectivity index (χ2v) is 3.10. The van der Waals surface area contributed by atoms with E-state index in [0.29, 0.717) is 5.56 Å². The molecule has 0 saturated heterocycles. The molecule has 1 aromatic carbocycles. The third-order valence-corrected chi connectivity index (χ3v) is 1.70. The van der Waals surface area contributed by atoms with E-state index in [1.807, 2.05) is 0 Å². The fourth-order valence-corrected chi connectivity index (χ4v) is 1.07. The molecule has 92 valence electrons. The van der Waals surface area contributed by atoms with Gasteiger partial charge in [-0.2, -0.15) is 13.2 Å². The zero-order valence-electron chi connectivity index (χ0n) is 8.69. The Morgan fingerprint density at radius 2 is 2.12 bits per heavy atom. The van der Waals surface area contributed by atoms with Crippen LogP contribution in [0.2, 0.25) is 0 Å². The van der Waals surface area contributed by atoms with Gasteiger partial charge in [0.1, 0.15) is 5.75 Å². The molecule has 0 spiro atoms. The van der Waals surface area contributed by atoms with Crippen molar-refractivity contribution in [2.45, 2.75) is 6.18 Å². The summed E-state index contributed by atoms with van der Waals surface area (Å²) in [5, 5.41) is 10.9. The third kappa shape index (κ3) is 5.60. The van der Waals surface area contributed by atoms with Gasteiger partial charge in [-0.1, -0.05) is 23.4 Å². The number of alkyl halides is 3. The minimum atomic E-state index is -4.35. The lowest BCUT2D eigenvalue weighted by molar-refractivity contribution is -0.153. The lowest BCUT2D eigenvalue weighted by Crippen LogP contribution is -2.19. The first-order chi connectivity index (χ1) is 8.01. The van der Waals surface area contributed by atoms with E-state index in [4.69, 9.17) is 5.21 Å². The van der Waals surface area contributed by atoms with Gasteiger partial charge in [-0.15, -0.1) is 0 Å². The highest BCUT2D eigenvalue weighted by Gasteiger charge is 2.28. The second-order valence-electron chi connectivity index (χ2n) is 3.10. The number of rotatable bonds is 4. The van der Waals surface area contributed by atoms with E-state index in [2.05, 4.69) is 9.89 Å². The molecule has 1 aromatic rings. The highest BCUT2D eigenvalue weighted by molar-refractivity contribution is 5.77. The van der Waals surface area contributed by atoms with E-state index in [1.165, 1.54) is 18.2 Å². The van der Waals surface area contributed by atoms with E-state index in [-0.39, 0.29) is 5.75 Å². The van der Waals surface area contributed by atoms with E-state index in [9.17, 15) is 13.2 Å². The lowest BCUT2D eigenvalue weighted by Gasteiger charge is -2.09. The minimum Gasteiger partial charge on any atom is -0.484 e. The number of hydrogen-bond acceptors (Lipinski definition) is 3. The highest BCUT2D eigenvalue weighted by atomic mass is 19.4. The maximum Gasteiger partial charge on any atom is 0.422 e. The SMILES string of the molecule is O/N=C/C=C\c1cccc(OCC(F)(F)F)c1. The summed E-state index contributed by atoms with van der Waals surface area (Å²) in [7, 11) is 0. The number of allylic oxidation sites excluding steroid dienone is 1. The van der Waals surface area contributed by atoms with Crippen LogP contribution >= 0.6 is 0 Å². The number of oxime groups is 1. The maximum absolute atomic E-state index is 11.9. The molecule has 0 aliphatic rings. The van der Waals surface area contributed by atoms with Crippen LogP contribution in [0.3, 0.4) is 0 Å². The molecule has 0 aliphatic heterocycles. The number of benzene rings is 1. The molecule has 0 amide bonds. The fourth-order valence-electron chi connectivity index (χ4n) is 1.07. The molecule has 0 saturated carbocycles. The van der Waals surface area contributed by atoms with Crippen molar-refractivity contribution in [3.63, 3.8) is 0 Å². The maximum atomic E-state index is 11.9. The van der Waals surface area contributed by atoms with Crippen molar-refractivity contribution in [3.8, 4) is 5.75 Å². The van der Waals surface area contributed by atoms with Gasteiger partial charge in [0.2, 0.25) is 0 Å². The van der Waals surface area contributed by atoms with Crippen LogP contribution < -0.4 is 4.74 Å². The van der Waals surface area contributed by atoms with E-state index >= 15 is 0 Å². The third-order valence-electron chi connectivity index (χ3n) is 1.70. The molecular weight excluding hydrogens is 235 g/mol. The van der Waals surface area contributed by atoms with Crippen LogP contribution in [0.1, 0.15) is 5.56 Å². The molecule has 17 heavy (non-hydrogen) atoms. The van der Waals surface area contributed by atoms with Gasteiger partial charge < -0.3 is 9.94 Å². The van der Waals surface area contributed by atoms with Crippen molar-refractivity contribution in [2.75, 3.05) is 6.61 Å². The average molecular weight is 245 g/mol. The normalized spacial score (nSPS) is 12.4. The van der Waals surface area contributed by atoms with Gasteiger partial charge in [0, 0.05) is 0 Å². The number of hydrogen-bond donors (Lipinski definition) is 1. The number of halogens is 3. The smallest absolute Gasteiger partial charge is 0.422 e. The number of nitrogens with zero attached hydrogens (tertiary/aromatic N) is 1. The van der Waals surface area contributed by atoms with Crippen LogP contribution in [0.4, 0.5) is 13.2 Å². The van der Waals surface area contributed by atoms with Gasteiger partial charge in [-0.3, -0.25) is 0 Å². The van der Waals surface area contributed by atoms with Gasteiger partial charge in [0.15, 0.2) is 6.61 Å². The van der Waals surface area contributed by atoms with Crippen molar-refractivity contribution in [1.82, 2.24) is 0 Å². The molecule has 0 bridgehead atoms. The largest absolute Gasteiger partial charge is 0.484 e. The topological polar surface area (TPSA) is 41.8 Å². The summed E-state index contributed by atoms with van der Waals surface area (Å²) in [5.74, 6) is 0.130. The predicted molar refractivity (Wildman–Crippen MR) is 57.3 cm³/mol. The second kappa shape index (κ2) is 5.93. The zero-order valence-corrected chi connectivity index (χ0v) is 8.69. The molecule has 1 rings (SSSR count). The molecule has 0 heterocycles. The van der Waals surface area contributed by atoms with Gasteiger partial charge in [-0.05, 0) is 23.8 Å². The summed E-state index contributed by atoms with van der Waals surface area (Å²) in [6.07, 6.45) is -0.193. The Bertz CT molecular complexity index is 413. The van der Waals surface area contributed by atoms with Gasteiger partial charge in [0.05, 0.1) is 6.21 Å². The molecule has 0 unspecified atom stereocenters. The number of ether oxygens (including phenoxy) is 1. The Balaban J connectivity index is 2.66. The lowest BCUT2D eigenvalue weighted by atomic mass is 10.2.